The maximum Gasteiger partial charge on any atom is 0.416 e. The van der Waals surface area contributed by atoms with Gasteiger partial charge in [-0.05, 0) is 30.5 Å². The monoisotopic (exact) mass is 419 g/mol. The fraction of sp³-hybridized carbons (Fsp3) is 0.412. The molecule has 1 aromatic carbocycles. The summed E-state index contributed by atoms with van der Waals surface area (Å²) in [5.41, 5.74) is -0.572. The Morgan fingerprint density at radius 2 is 1.79 bits per heavy atom. The third-order valence-electron chi connectivity index (χ3n) is 4.23. The van der Waals surface area contributed by atoms with Crippen LogP contribution in [0.5, 0.6) is 6.01 Å². The van der Waals surface area contributed by atoms with Crippen molar-refractivity contribution in [3.05, 3.63) is 53.6 Å². The van der Waals surface area contributed by atoms with E-state index in [0.717, 1.165) is 36.7 Å². The summed E-state index contributed by atoms with van der Waals surface area (Å²) in [6.45, 7) is 0.344. The minimum atomic E-state index is -4.47. The van der Waals surface area contributed by atoms with Crippen LogP contribution >= 0.6 is 0 Å². The SMILES string of the molecule is O=S(=O)(Cc1ccc(C(F)(F)F)cc1)N1CCCC(Oc2ncc(F)cn2)C1. The molecule has 6 nitrogen and oxygen atoms in total. The van der Waals surface area contributed by atoms with Gasteiger partial charge in [0.15, 0.2) is 5.82 Å². The fourth-order valence-electron chi connectivity index (χ4n) is 2.86. The molecule has 0 radical (unpaired) electrons. The highest BCUT2D eigenvalue weighted by molar-refractivity contribution is 7.88. The Balaban J connectivity index is 1.65. The Bertz CT molecular complexity index is 903. The Kier molecular flexibility index (Phi) is 5.84. The second kappa shape index (κ2) is 8.00. The van der Waals surface area contributed by atoms with Crippen molar-refractivity contribution in [2.45, 2.75) is 30.9 Å². The van der Waals surface area contributed by atoms with Crippen molar-refractivity contribution >= 4 is 10.0 Å². The molecule has 0 aliphatic carbocycles. The first kappa shape index (κ1) is 20.5. The smallest absolute Gasteiger partial charge is 0.416 e. The van der Waals surface area contributed by atoms with Gasteiger partial charge in [-0.1, -0.05) is 12.1 Å². The van der Waals surface area contributed by atoms with Gasteiger partial charge >= 0.3 is 12.2 Å². The predicted molar refractivity (Wildman–Crippen MR) is 91.3 cm³/mol. The van der Waals surface area contributed by atoms with Crippen LogP contribution < -0.4 is 4.74 Å². The molecular formula is C17H17F4N3O3S. The molecule has 11 heteroatoms. The molecule has 0 spiro atoms. The molecule has 1 aliphatic rings. The molecule has 0 amide bonds. The van der Waals surface area contributed by atoms with Gasteiger partial charge in [-0.3, -0.25) is 0 Å². The summed E-state index contributed by atoms with van der Waals surface area (Å²) in [5, 5.41) is 0. The minimum absolute atomic E-state index is 0.0478. The second-order valence-corrected chi connectivity index (χ2v) is 8.34. The van der Waals surface area contributed by atoms with Gasteiger partial charge in [-0.25, -0.2) is 22.8 Å². The maximum absolute atomic E-state index is 12.9. The summed E-state index contributed by atoms with van der Waals surface area (Å²) in [6, 6.07) is 3.99. The first-order valence-corrected chi connectivity index (χ1v) is 10.0. The van der Waals surface area contributed by atoms with Gasteiger partial charge in [0, 0.05) is 6.54 Å². The van der Waals surface area contributed by atoms with E-state index in [1.807, 2.05) is 0 Å². The quantitative estimate of drug-likeness (QED) is 0.697. The zero-order valence-electron chi connectivity index (χ0n) is 14.6. The third kappa shape index (κ3) is 5.16. The number of rotatable bonds is 5. The van der Waals surface area contributed by atoms with Gasteiger partial charge in [0.05, 0.1) is 30.3 Å². The van der Waals surface area contributed by atoms with E-state index >= 15 is 0 Å². The van der Waals surface area contributed by atoms with E-state index in [1.54, 1.807) is 0 Å². The Morgan fingerprint density at radius 1 is 1.14 bits per heavy atom. The number of nitrogens with zero attached hydrogens (tertiary/aromatic N) is 3. The molecule has 1 fully saturated rings. The predicted octanol–water partition coefficient (Wildman–Crippen LogP) is 3.01. The largest absolute Gasteiger partial charge is 0.459 e. The summed E-state index contributed by atoms with van der Waals surface area (Å²) in [6.07, 6.45) is -1.96. The molecule has 1 saturated heterocycles. The Labute approximate surface area is 159 Å². The highest BCUT2D eigenvalue weighted by atomic mass is 32.2. The van der Waals surface area contributed by atoms with Crippen molar-refractivity contribution in [3.8, 4) is 6.01 Å². The highest BCUT2D eigenvalue weighted by Crippen LogP contribution is 2.29. The number of sulfonamides is 1. The summed E-state index contributed by atoms with van der Waals surface area (Å²) in [7, 11) is -3.75. The van der Waals surface area contributed by atoms with Crippen LogP contribution in [0.3, 0.4) is 0 Å². The molecule has 1 aromatic heterocycles. The average molecular weight is 419 g/mol. The number of ether oxygens (including phenoxy) is 1. The van der Waals surface area contributed by atoms with Crippen LogP contribution in [0.4, 0.5) is 17.6 Å². The molecule has 0 saturated carbocycles. The van der Waals surface area contributed by atoms with Crippen molar-refractivity contribution in [1.82, 2.24) is 14.3 Å². The lowest BCUT2D eigenvalue weighted by molar-refractivity contribution is -0.137. The van der Waals surface area contributed by atoms with Gasteiger partial charge in [0.1, 0.15) is 6.10 Å². The van der Waals surface area contributed by atoms with Gasteiger partial charge in [0.25, 0.3) is 0 Å². The van der Waals surface area contributed by atoms with Crippen LogP contribution in [-0.4, -0.2) is 41.9 Å². The fourth-order valence-corrected chi connectivity index (χ4v) is 4.45. The lowest BCUT2D eigenvalue weighted by atomic mass is 10.1. The molecule has 0 N–H and O–H groups in total. The standard InChI is InChI=1S/C17H17F4N3O3S/c18-14-8-22-16(23-9-14)27-15-2-1-7-24(10-15)28(25,26)11-12-3-5-13(6-4-12)17(19,20)21/h3-6,8-9,15H,1-2,7,10-11H2. The van der Waals surface area contributed by atoms with Gasteiger partial charge in [-0.15, -0.1) is 0 Å². The average Bonchev–Trinajstić information content (AvgIpc) is 2.63. The molecule has 1 atom stereocenters. The van der Waals surface area contributed by atoms with Crippen molar-refractivity contribution in [2.75, 3.05) is 13.1 Å². The van der Waals surface area contributed by atoms with Crippen molar-refractivity contribution in [3.63, 3.8) is 0 Å². The van der Waals surface area contributed by atoms with Crippen LogP contribution in [0.1, 0.15) is 24.0 Å². The number of halogens is 4. The second-order valence-electron chi connectivity index (χ2n) is 6.37. The van der Waals surface area contributed by atoms with Crippen molar-refractivity contribution in [2.24, 2.45) is 0 Å². The first-order valence-electron chi connectivity index (χ1n) is 8.42. The lowest BCUT2D eigenvalue weighted by Crippen LogP contribution is -2.44. The molecule has 0 bridgehead atoms. The van der Waals surface area contributed by atoms with Crippen LogP contribution in [0, 0.1) is 5.82 Å². The lowest BCUT2D eigenvalue weighted by Gasteiger charge is -2.31. The molecule has 152 valence electrons. The van der Waals surface area contributed by atoms with E-state index in [0.29, 0.717) is 12.8 Å². The molecule has 1 unspecified atom stereocenters. The van der Waals surface area contributed by atoms with Crippen LogP contribution in [0.15, 0.2) is 36.7 Å². The molecular weight excluding hydrogens is 402 g/mol. The summed E-state index contributed by atoms with van der Waals surface area (Å²) >= 11 is 0. The summed E-state index contributed by atoms with van der Waals surface area (Å²) in [4.78, 5) is 7.37. The third-order valence-corrected chi connectivity index (χ3v) is 6.05. The topological polar surface area (TPSA) is 72.4 Å². The normalized spacial score (nSPS) is 18.8. The van der Waals surface area contributed by atoms with Crippen LogP contribution in [0.25, 0.3) is 0 Å². The van der Waals surface area contributed by atoms with E-state index in [2.05, 4.69) is 9.97 Å². The number of hydrogen-bond donors (Lipinski definition) is 0. The van der Waals surface area contributed by atoms with Crippen molar-refractivity contribution in [1.29, 1.82) is 0 Å². The van der Waals surface area contributed by atoms with E-state index in [-0.39, 0.29) is 24.7 Å². The van der Waals surface area contributed by atoms with E-state index in [9.17, 15) is 26.0 Å². The summed E-state index contributed by atoms with van der Waals surface area (Å²) < 4.78 is 82.8. The molecule has 28 heavy (non-hydrogen) atoms. The molecule has 1 aliphatic heterocycles. The van der Waals surface area contributed by atoms with E-state index < -0.39 is 39.4 Å². The van der Waals surface area contributed by atoms with Gasteiger partial charge in [-0.2, -0.15) is 17.5 Å². The number of benzene rings is 1. The van der Waals surface area contributed by atoms with E-state index in [1.165, 1.54) is 4.31 Å². The number of piperidine rings is 1. The Hall–Kier alpha value is -2.27. The van der Waals surface area contributed by atoms with E-state index in [4.69, 9.17) is 4.74 Å². The molecule has 3 rings (SSSR count). The Morgan fingerprint density at radius 3 is 2.39 bits per heavy atom. The maximum atomic E-state index is 12.9. The zero-order valence-corrected chi connectivity index (χ0v) is 15.4. The number of aromatic nitrogens is 2. The first-order chi connectivity index (χ1) is 13.1. The number of alkyl halides is 3. The highest BCUT2D eigenvalue weighted by Gasteiger charge is 2.32. The van der Waals surface area contributed by atoms with Gasteiger partial charge in [0.2, 0.25) is 10.0 Å². The van der Waals surface area contributed by atoms with Crippen LogP contribution in [-0.2, 0) is 22.0 Å². The van der Waals surface area contributed by atoms with Crippen molar-refractivity contribution < 1.29 is 30.7 Å². The van der Waals surface area contributed by atoms with Crippen LogP contribution in [0.2, 0.25) is 0 Å². The minimum Gasteiger partial charge on any atom is -0.459 e. The molecule has 2 heterocycles. The number of hydrogen-bond acceptors (Lipinski definition) is 5. The zero-order chi connectivity index (χ0) is 20.4. The molecule has 2 aromatic rings. The summed E-state index contributed by atoms with van der Waals surface area (Å²) in [5.74, 6) is -1.03. The van der Waals surface area contributed by atoms with Gasteiger partial charge < -0.3 is 4.74 Å².